The van der Waals surface area contributed by atoms with Gasteiger partial charge in [0, 0.05) is 23.7 Å². The van der Waals surface area contributed by atoms with E-state index < -0.39 is 5.72 Å². The smallest absolute Gasteiger partial charge is 0.203 e. The lowest BCUT2D eigenvalue weighted by atomic mass is 10.0. The number of ether oxygens (including phenoxy) is 1. The molecule has 2 unspecified atom stereocenters. The highest BCUT2D eigenvalue weighted by Gasteiger charge is 2.30. The fourth-order valence-electron chi connectivity index (χ4n) is 3.87. The number of hydrogen-bond donors (Lipinski definition) is 2. The van der Waals surface area contributed by atoms with Crippen molar-refractivity contribution >= 4 is 17.3 Å². The molecule has 2 aromatic heterocycles. The Morgan fingerprint density at radius 2 is 2.20 bits per heavy atom. The van der Waals surface area contributed by atoms with Gasteiger partial charge in [-0.3, -0.25) is 0 Å². The van der Waals surface area contributed by atoms with Crippen molar-refractivity contribution in [2.75, 3.05) is 5.32 Å². The largest absolute Gasteiger partial charge is 0.490 e. The molecule has 2 aliphatic heterocycles. The van der Waals surface area contributed by atoms with Crippen molar-refractivity contribution in [3.8, 4) is 5.75 Å². The predicted octanol–water partition coefficient (Wildman–Crippen LogP) is 3.38. The molecule has 0 saturated carbocycles. The molecule has 3 aromatic rings. The van der Waals surface area contributed by atoms with Crippen LogP contribution in [-0.4, -0.2) is 32.3 Å². The molecule has 2 atom stereocenters. The first-order chi connectivity index (χ1) is 14.3. The Balaban J connectivity index is 1.45. The number of oxime groups is 1. The average molecular weight is 410 g/mol. The summed E-state index contributed by atoms with van der Waals surface area (Å²) in [5.74, 6) is 1.72. The minimum absolute atomic E-state index is 0.0442. The van der Waals surface area contributed by atoms with E-state index in [4.69, 9.17) is 14.6 Å². The quantitative estimate of drug-likeness (QED) is 0.686. The molecule has 0 bridgehead atoms. The van der Waals surface area contributed by atoms with Crippen LogP contribution in [0.5, 0.6) is 5.75 Å². The van der Waals surface area contributed by atoms with E-state index in [0.29, 0.717) is 23.7 Å². The Hall–Kier alpha value is -3.36. The molecule has 0 amide bonds. The van der Waals surface area contributed by atoms with Crippen LogP contribution in [0.25, 0.3) is 5.65 Å². The lowest BCUT2D eigenvalue weighted by Gasteiger charge is -2.18. The SMILES string of the molecule is CC1Cc2cc(F)cc(C(C)Nc3ccn4ncc(C5=NOC(C)(C)N5)c4n3)c2O1. The van der Waals surface area contributed by atoms with Crippen LogP contribution >= 0.6 is 0 Å². The van der Waals surface area contributed by atoms with Gasteiger partial charge >= 0.3 is 0 Å². The molecule has 30 heavy (non-hydrogen) atoms. The molecule has 9 heteroatoms. The molecule has 2 aliphatic rings. The number of anilines is 1. The summed E-state index contributed by atoms with van der Waals surface area (Å²) in [6.07, 6.45) is 4.27. The van der Waals surface area contributed by atoms with Gasteiger partial charge in [-0.15, -0.1) is 0 Å². The summed E-state index contributed by atoms with van der Waals surface area (Å²) < 4.78 is 21.8. The molecular formula is C21H23FN6O2. The third kappa shape index (κ3) is 3.20. The van der Waals surface area contributed by atoms with Crippen molar-refractivity contribution in [3.63, 3.8) is 0 Å². The summed E-state index contributed by atoms with van der Waals surface area (Å²) in [6.45, 7) is 7.72. The average Bonchev–Trinajstić information content (AvgIpc) is 3.36. The van der Waals surface area contributed by atoms with Crippen molar-refractivity contribution in [2.45, 2.75) is 52.0 Å². The molecule has 0 radical (unpaired) electrons. The zero-order valence-corrected chi connectivity index (χ0v) is 17.2. The molecule has 1 aromatic carbocycles. The van der Waals surface area contributed by atoms with Gasteiger partial charge in [-0.1, -0.05) is 5.16 Å². The van der Waals surface area contributed by atoms with Crippen LogP contribution in [0, 0.1) is 5.82 Å². The summed E-state index contributed by atoms with van der Waals surface area (Å²) in [7, 11) is 0. The predicted molar refractivity (Wildman–Crippen MR) is 110 cm³/mol. The Labute approximate surface area is 173 Å². The van der Waals surface area contributed by atoms with E-state index in [1.54, 1.807) is 16.8 Å². The zero-order valence-electron chi connectivity index (χ0n) is 17.2. The molecule has 0 fully saturated rings. The monoisotopic (exact) mass is 410 g/mol. The van der Waals surface area contributed by atoms with Crippen LogP contribution in [0.1, 0.15) is 50.4 Å². The van der Waals surface area contributed by atoms with E-state index in [-0.39, 0.29) is 18.0 Å². The molecule has 4 heterocycles. The van der Waals surface area contributed by atoms with Crippen LogP contribution in [0.2, 0.25) is 0 Å². The third-order valence-electron chi connectivity index (χ3n) is 5.23. The number of nitrogens with one attached hydrogen (secondary N) is 2. The number of aromatic nitrogens is 3. The number of amidine groups is 1. The topological polar surface area (TPSA) is 85.1 Å². The molecule has 0 saturated heterocycles. The summed E-state index contributed by atoms with van der Waals surface area (Å²) in [5.41, 5.74) is 2.47. The number of hydrogen-bond acceptors (Lipinski definition) is 7. The maximum Gasteiger partial charge on any atom is 0.203 e. The van der Waals surface area contributed by atoms with Crippen molar-refractivity contribution in [1.29, 1.82) is 0 Å². The summed E-state index contributed by atoms with van der Waals surface area (Å²) >= 11 is 0. The maximum absolute atomic E-state index is 14.2. The maximum atomic E-state index is 14.2. The zero-order chi connectivity index (χ0) is 21.0. The van der Waals surface area contributed by atoms with Gasteiger partial charge in [0.15, 0.2) is 11.5 Å². The second-order valence-corrected chi connectivity index (χ2v) is 8.29. The molecule has 2 N–H and O–H groups in total. The van der Waals surface area contributed by atoms with Crippen LogP contribution in [0.3, 0.4) is 0 Å². The van der Waals surface area contributed by atoms with Crippen molar-refractivity contribution < 1.29 is 14.0 Å². The Morgan fingerprint density at radius 3 is 2.97 bits per heavy atom. The lowest BCUT2D eigenvalue weighted by molar-refractivity contribution is -0.00234. The lowest BCUT2D eigenvalue weighted by Crippen LogP contribution is -2.38. The Morgan fingerprint density at radius 1 is 1.37 bits per heavy atom. The highest BCUT2D eigenvalue weighted by molar-refractivity contribution is 6.04. The minimum atomic E-state index is -0.580. The Kier molecular flexibility index (Phi) is 4.09. The number of halogens is 1. The summed E-state index contributed by atoms with van der Waals surface area (Å²) in [5, 5.41) is 15.0. The third-order valence-corrected chi connectivity index (χ3v) is 5.23. The van der Waals surface area contributed by atoms with E-state index in [2.05, 4.69) is 20.9 Å². The van der Waals surface area contributed by atoms with E-state index in [1.807, 2.05) is 40.0 Å². The number of benzene rings is 1. The number of fused-ring (bicyclic) bond motifs is 2. The van der Waals surface area contributed by atoms with Gasteiger partial charge in [0.25, 0.3) is 0 Å². The summed E-state index contributed by atoms with van der Waals surface area (Å²) in [4.78, 5) is 10.1. The van der Waals surface area contributed by atoms with E-state index in [0.717, 1.165) is 22.4 Å². The van der Waals surface area contributed by atoms with Crippen LogP contribution in [0.4, 0.5) is 10.2 Å². The first-order valence-electron chi connectivity index (χ1n) is 9.94. The Bertz CT molecular complexity index is 1170. The van der Waals surface area contributed by atoms with E-state index >= 15 is 0 Å². The molecular weight excluding hydrogens is 387 g/mol. The molecule has 156 valence electrons. The number of rotatable bonds is 4. The van der Waals surface area contributed by atoms with E-state index in [1.165, 1.54) is 6.07 Å². The first-order valence-corrected chi connectivity index (χ1v) is 9.94. The van der Waals surface area contributed by atoms with Crippen LogP contribution in [-0.2, 0) is 11.3 Å². The summed E-state index contributed by atoms with van der Waals surface area (Å²) in [6, 6.07) is 4.70. The van der Waals surface area contributed by atoms with Gasteiger partial charge in [0.2, 0.25) is 5.72 Å². The normalized spacial score (nSPS) is 20.2. The van der Waals surface area contributed by atoms with Crippen molar-refractivity contribution in [1.82, 2.24) is 19.9 Å². The molecule has 0 spiro atoms. The fraction of sp³-hybridized carbons (Fsp3) is 0.381. The molecule has 5 rings (SSSR count). The molecule has 8 nitrogen and oxygen atoms in total. The van der Waals surface area contributed by atoms with Gasteiger partial charge in [-0.25, -0.2) is 13.9 Å². The number of nitrogens with zero attached hydrogens (tertiary/aromatic N) is 4. The standard InChI is InChI=1S/C21H23FN6O2/c1-11-7-13-8-14(22)9-15(18(13)29-11)12(2)24-17-5-6-28-20(25-17)16(10-23-28)19-26-21(3,4)30-27-19/h5-6,8-12H,7H2,1-4H3,(H,24,25)(H,26,27). The van der Waals surface area contributed by atoms with Gasteiger partial charge in [0.05, 0.1) is 17.8 Å². The van der Waals surface area contributed by atoms with Crippen LogP contribution in [0.15, 0.2) is 35.7 Å². The second kappa shape index (κ2) is 6.58. The van der Waals surface area contributed by atoms with Gasteiger partial charge in [-0.05, 0) is 45.9 Å². The minimum Gasteiger partial charge on any atom is -0.490 e. The van der Waals surface area contributed by atoms with Gasteiger partial charge in [0.1, 0.15) is 23.5 Å². The first kappa shape index (κ1) is 18.7. The fourth-order valence-corrected chi connectivity index (χ4v) is 3.87. The molecule has 0 aliphatic carbocycles. The highest BCUT2D eigenvalue weighted by Crippen LogP contribution is 2.37. The van der Waals surface area contributed by atoms with Gasteiger partial charge in [-0.2, -0.15) is 5.10 Å². The van der Waals surface area contributed by atoms with Gasteiger partial charge < -0.3 is 20.2 Å². The van der Waals surface area contributed by atoms with Crippen molar-refractivity contribution in [2.24, 2.45) is 5.16 Å². The van der Waals surface area contributed by atoms with Crippen LogP contribution < -0.4 is 15.4 Å². The van der Waals surface area contributed by atoms with Crippen molar-refractivity contribution in [3.05, 3.63) is 53.1 Å². The highest BCUT2D eigenvalue weighted by atomic mass is 19.1. The van der Waals surface area contributed by atoms with E-state index in [9.17, 15) is 4.39 Å². The second-order valence-electron chi connectivity index (χ2n) is 8.29.